The van der Waals surface area contributed by atoms with Gasteiger partial charge in [0.25, 0.3) is 5.91 Å². The van der Waals surface area contributed by atoms with E-state index in [4.69, 9.17) is 9.47 Å². The van der Waals surface area contributed by atoms with Crippen LogP contribution >= 0.6 is 0 Å². The molecule has 1 aromatic rings. The molecule has 0 unspecified atom stereocenters. The molecule has 1 aliphatic heterocycles. The summed E-state index contributed by atoms with van der Waals surface area (Å²) in [5.74, 6) is 0.960. The minimum absolute atomic E-state index is 0.0188. The van der Waals surface area contributed by atoms with Crippen LogP contribution in [0.1, 0.15) is 32.8 Å². The second-order valence-electron chi connectivity index (χ2n) is 7.02. The molecule has 1 aliphatic rings. The van der Waals surface area contributed by atoms with E-state index in [9.17, 15) is 9.59 Å². The van der Waals surface area contributed by atoms with Gasteiger partial charge in [0.2, 0.25) is 0 Å². The van der Waals surface area contributed by atoms with Crippen molar-refractivity contribution in [3.8, 4) is 5.75 Å². The number of carbonyl (C=O) groups excluding carboxylic acids is 2. The van der Waals surface area contributed by atoms with Crippen molar-refractivity contribution < 1.29 is 19.1 Å². The van der Waals surface area contributed by atoms with Crippen molar-refractivity contribution in [1.29, 1.82) is 0 Å². The molecule has 0 aliphatic carbocycles. The zero-order valence-corrected chi connectivity index (χ0v) is 16.1. The Morgan fingerprint density at radius 3 is 2.23 bits per heavy atom. The molecule has 1 saturated heterocycles. The van der Waals surface area contributed by atoms with Gasteiger partial charge < -0.3 is 19.3 Å². The summed E-state index contributed by atoms with van der Waals surface area (Å²) >= 11 is 0. The fourth-order valence-electron chi connectivity index (χ4n) is 2.75. The molecule has 0 radical (unpaired) electrons. The summed E-state index contributed by atoms with van der Waals surface area (Å²) in [6.45, 7) is 8.59. The molecule has 2 amide bonds. The summed E-state index contributed by atoms with van der Waals surface area (Å²) < 4.78 is 10.8. The van der Waals surface area contributed by atoms with E-state index in [1.807, 2.05) is 38.1 Å². The number of ether oxygens (including phenoxy) is 2. The summed E-state index contributed by atoms with van der Waals surface area (Å²) in [5.41, 5.74) is 1.27. The first-order valence-corrected chi connectivity index (χ1v) is 9.40. The van der Waals surface area contributed by atoms with Gasteiger partial charge in [0.15, 0.2) is 6.61 Å². The lowest BCUT2D eigenvalue weighted by Gasteiger charge is -2.34. The summed E-state index contributed by atoms with van der Waals surface area (Å²) in [7, 11) is 0. The molecule has 6 nitrogen and oxygen atoms in total. The van der Waals surface area contributed by atoms with E-state index in [1.165, 1.54) is 5.56 Å². The van der Waals surface area contributed by atoms with Gasteiger partial charge in [-0.2, -0.15) is 0 Å². The summed E-state index contributed by atoms with van der Waals surface area (Å²) in [6.07, 6.45) is 1.85. The lowest BCUT2D eigenvalue weighted by molar-refractivity contribution is -0.135. The highest BCUT2D eigenvalue weighted by molar-refractivity contribution is 5.78. The van der Waals surface area contributed by atoms with E-state index < -0.39 is 0 Å². The Hall–Kier alpha value is -2.24. The summed E-state index contributed by atoms with van der Waals surface area (Å²) in [4.78, 5) is 27.6. The first kappa shape index (κ1) is 20.1. The number of hydrogen-bond donors (Lipinski definition) is 0. The molecule has 26 heavy (non-hydrogen) atoms. The van der Waals surface area contributed by atoms with Crippen LogP contribution in [0, 0.1) is 5.92 Å². The largest absolute Gasteiger partial charge is 0.484 e. The first-order valence-electron chi connectivity index (χ1n) is 9.40. The molecule has 0 aromatic heterocycles. The molecule has 0 bridgehead atoms. The van der Waals surface area contributed by atoms with Crippen molar-refractivity contribution >= 4 is 12.0 Å². The van der Waals surface area contributed by atoms with Gasteiger partial charge in [0.05, 0.1) is 6.61 Å². The molecule has 1 aromatic carbocycles. The van der Waals surface area contributed by atoms with Crippen LogP contribution < -0.4 is 4.74 Å². The number of benzene rings is 1. The fourth-order valence-corrected chi connectivity index (χ4v) is 2.75. The normalized spacial score (nSPS) is 14.5. The highest BCUT2D eigenvalue weighted by Gasteiger charge is 2.25. The Morgan fingerprint density at radius 1 is 1.04 bits per heavy atom. The molecule has 1 fully saturated rings. The highest BCUT2D eigenvalue weighted by Crippen LogP contribution is 2.14. The second-order valence-corrected chi connectivity index (χ2v) is 7.02. The van der Waals surface area contributed by atoms with Gasteiger partial charge in [0.1, 0.15) is 5.75 Å². The topological polar surface area (TPSA) is 59.1 Å². The van der Waals surface area contributed by atoms with E-state index in [-0.39, 0.29) is 18.6 Å². The molecule has 6 heteroatoms. The van der Waals surface area contributed by atoms with Gasteiger partial charge in [0, 0.05) is 26.2 Å². The first-order chi connectivity index (χ1) is 12.5. The van der Waals surface area contributed by atoms with E-state index >= 15 is 0 Å². The van der Waals surface area contributed by atoms with Gasteiger partial charge in [-0.05, 0) is 30.0 Å². The lowest BCUT2D eigenvalue weighted by atomic mass is 10.1. The van der Waals surface area contributed by atoms with Gasteiger partial charge in [-0.25, -0.2) is 4.79 Å². The quantitative estimate of drug-likeness (QED) is 0.748. The Kier molecular flexibility index (Phi) is 7.75. The van der Waals surface area contributed by atoms with Crippen molar-refractivity contribution in [1.82, 2.24) is 9.80 Å². The van der Waals surface area contributed by atoms with Crippen molar-refractivity contribution in [3.63, 3.8) is 0 Å². The number of amides is 2. The smallest absolute Gasteiger partial charge is 0.409 e. The summed E-state index contributed by atoms with van der Waals surface area (Å²) in [6, 6.07) is 7.87. The van der Waals surface area contributed by atoms with Crippen LogP contribution in [-0.2, 0) is 16.0 Å². The molecular weight excluding hydrogens is 332 g/mol. The van der Waals surface area contributed by atoms with Crippen molar-refractivity contribution in [3.05, 3.63) is 29.8 Å². The molecule has 1 heterocycles. The molecule has 0 spiro atoms. The predicted molar refractivity (Wildman–Crippen MR) is 100 cm³/mol. The predicted octanol–water partition coefficient (Wildman–Crippen LogP) is 2.95. The average molecular weight is 362 g/mol. The maximum Gasteiger partial charge on any atom is 0.409 e. The number of nitrogens with zero attached hydrogens (tertiary/aromatic N) is 2. The Balaban J connectivity index is 1.71. The van der Waals surface area contributed by atoms with E-state index in [1.54, 1.807) is 9.80 Å². The minimum atomic E-state index is -0.297. The second kappa shape index (κ2) is 10.0. The van der Waals surface area contributed by atoms with E-state index in [2.05, 4.69) is 6.92 Å². The van der Waals surface area contributed by atoms with E-state index in [0.29, 0.717) is 44.5 Å². The van der Waals surface area contributed by atoms with Crippen LogP contribution in [0.15, 0.2) is 24.3 Å². The summed E-state index contributed by atoms with van der Waals surface area (Å²) in [5, 5.41) is 0. The maximum absolute atomic E-state index is 12.3. The molecule has 0 saturated carbocycles. The zero-order valence-electron chi connectivity index (χ0n) is 16.1. The van der Waals surface area contributed by atoms with Gasteiger partial charge in [-0.3, -0.25) is 4.79 Å². The van der Waals surface area contributed by atoms with Crippen LogP contribution in [-0.4, -0.2) is 61.2 Å². The van der Waals surface area contributed by atoms with Crippen LogP contribution in [0.3, 0.4) is 0 Å². The van der Waals surface area contributed by atoms with Crippen LogP contribution in [0.5, 0.6) is 5.75 Å². The Bertz CT molecular complexity index is 578. The Labute approximate surface area is 156 Å². The van der Waals surface area contributed by atoms with Crippen LogP contribution in [0.2, 0.25) is 0 Å². The third-order valence-electron chi connectivity index (χ3n) is 4.26. The third-order valence-corrected chi connectivity index (χ3v) is 4.26. The average Bonchev–Trinajstić information content (AvgIpc) is 2.65. The number of aryl methyl sites for hydroxylation is 1. The van der Waals surface area contributed by atoms with Crippen LogP contribution in [0.4, 0.5) is 4.79 Å². The standard InChI is InChI=1S/C20H30N2O4/c1-4-5-17-6-8-18(9-7-17)25-15-19(23)21-10-12-22(13-11-21)20(24)26-14-16(2)3/h6-9,16H,4-5,10-15H2,1-3H3. The van der Waals surface area contributed by atoms with Crippen molar-refractivity contribution in [2.24, 2.45) is 5.92 Å². The molecular formula is C20H30N2O4. The molecule has 0 atom stereocenters. The zero-order chi connectivity index (χ0) is 18.9. The number of rotatable bonds is 7. The van der Waals surface area contributed by atoms with Crippen molar-refractivity contribution in [2.45, 2.75) is 33.6 Å². The number of carbonyl (C=O) groups is 2. The lowest BCUT2D eigenvalue weighted by Crippen LogP contribution is -2.51. The molecule has 0 N–H and O–H groups in total. The number of piperazine rings is 1. The molecule has 2 rings (SSSR count). The number of hydrogen-bond acceptors (Lipinski definition) is 4. The van der Waals surface area contributed by atoms with Gasteiger partial charge >= 0.3 is 6.09 Å². The Morgan fingerprint density at radius 2 is 1.65 bits per heavy atom. The maximum atomic E-state index is 12.3. The van der Waals surface area contributed by atoms with Crippen LogP contribution in [0.25, 0.3) is 0 Å². The SMILES string of the molecule is CCCc1ccc(OCC(=O)N2CCN(C(=O)OCC(C)C)CC2)cc1. The van der Waals surface area contributed by atoms with E-state index in [0.717, 1.165) is 12.8 Å². The molecule has 144 valence electrons. The highest BCUT2D eigenvalue weighted by atomic mass is 16.6. The van der Waals surface area contributed by atoms with Crippen molar-refractivity contribution in [2.75, 3.05) is 39.4 Å². The van der Waals surface area contributed by atoms with Gasteiger partial charge in [-0.1, -0.05) is 39.3 Å². The minimum Gasteiger partial charge on any atom is -0.484 e. The monoisotopic (exact) mass is 362 g/mol. The third kappa shape index (κ3) is 6.24. The fraction of sp³-hybridized carbons (Fsp3) is 0.600. The van der Waals surface area contributed by atoms with Gasteiger partial charge in [-0.15, -0.1) is 0 Å².